The molecule has 1 N–H and O–H groups in total. The second-order valence-electron chi connectivity index (χ2n) is 7.87. The van der Waals surface area contributed by atoms with Gasteiger partial charge in [-0.1, -0.05) is 18.1 Å². The Bertz CT molecular complexity index is 1230. The van der Waals surface area contributed by atoms with Crippen LogP contribution in [0.5, 0.6) is 5.75 Å². The number of methoxy groups -OCH3 is 1. The van der Waals surface area contributed by atoms with Crippen LogP contribution in [0.2, 0.25) is 0 Å². The third kappa shape index (κ3) is 4.10. The first-order chi connectivity index (χ1) is 14.9. The van der Waals surface area contributed by atoms with Crippen LogP contribution in [0, 0.1) is 20.8 Å². The summed E-state index contributed by atoms with van der Waals surface area (Å²) in [5.74, 6) is 3.07. The molecule has 0 radical (unpaired) electrons. The minimum atomic E-state index is 0.0748. The number of benzene rings is 1. The lowest BCUT2D eigenvalue weighted by molar-refractivity contribution is 0.369. The van der Waals surface area contributed by atoms with E-state index in [-0.39, 0.29) is 6.04 Å². The van der Waals surface area contributed by atoms with Crippen molar-refractivity contribution in [1.29, 1.82) is 0 Å². The van der Waals surface area contributed by atoms with Gasteiger partial charge in [-0.3, -0.25) is 0 Å². The molecule has 0 fully saturated rings. The van der Waals surface area contributed by atoms with Gasteiger partial charge in [0.2, 0.25) is 5.89 Å². The fourth-order valence-electron chi connectivity index (χ4n) is 3.79. The number of hydrogen-bond donors (Lipinski definition) is 1. The van der Waals surface area contributed by atoms with E-state index < -0.39 is 0 Å². The fourth-order valence-corrected chi connectivity index (χ4v) is 3.79. The molecule has 0 spiro atoms. The third-order valence-corrected chi connectivity index (χ3v) is 5.30. The van der Waals surface area contributed by atoms with Crippen molar-refractivity contribution in [3.05, 3.63) is 52.9 Å². The lowest BCUT2D eigenvalue weighted by atomic mass is 10.0. The summed E-state index contributed by atoms with van der Waals surface area (Å²) < 4.78 is 12.6. The highest BCUT2D eigenvalue weighted by Crippen LogP contribution is 2.33. The van der Waals surface area contributed by atoms with Crippen molar-refractivity contribution < 1.29 is 9.26 Å². The Hall–Kier alpha value is -3.42. The maximum Gasteiger partial charge on any atom is 0.228 e. The van der Waals surface area contributed by atoms with Gasteiger partial charge in [0.25, 0.3) is 0 Å². The van der Waals surface area contributed by atoms with Crippen molar-refractivity contribution in [2.45, 2.75) is 53.5 Å². The molecule has 3 aromatic heterocycles. The van der Waals surface area contributed by atoms with Gasteiger partial charge in [-0.15, -0.1) is 0 Å². The van der Waals surface area contributed by atoms with E-state index in [1.807, 2.05) is 43.5 Å². The van der Waals surface area contributed by atoms with E-state index >= 15 is 0 Å². The monoisotopic (exact) mass is 420 g/mol. The summed E-state index contributed by atoms with van der Waals surface area (Å²) in [4.78, 5) is 9.22. The predicted octanol–water partition coefficient (Wildman–Crippen LogP) is 4.32. The van der Waals surface area contributed by atoms with Crippen molar-refractivity contribution in [2.75, 3.05) is 12.4 Å². The molecule has 0 saturated heterocycles. The zero-order valence-corrected chi connectivity index (χ0v) is 18.9. The molecule has 0 aliphatic heterocycles. The molecule has 0 aliphatic rings. The van der Waals surface area contributed by atoms with Crippen LogP contribution in [0.4, 0.5) is 5.82 Å². The normalized spacial score (nSPS) is 12.3. The van der Waals surface area contributed by atoms with Crippen LogP contribution in [-0.2, 0) is 12.8 Å². The Kier molecular flexibility index (Phi) is 5.63. The van der Waals surface area contributed by atoms with E-state index in [9.17, 15) is 0 Å². The van der Waals surface area contributed by atoms with Gasteiger partial charge < -0.3 is 14.6 Å². The summed E-state index contributed by atoms with van der Waals surface area (Å²) in [6.45, 7) is 10.2. The second-order valence-corrected chi connectivity index (χ2v) is 7.87. The molecule has 3 heterocycles. The number of nitrogens with zero attached hydrogens (tertiary/aromatic N) is 5. The first kappa shape index (κ1) is 20.8. The van der Waals surface area contributed by atoms with Gasteiger partial charge >= 0.3 is 0 Å². The SMILES string of the molecule is CCc1noc(CC(C)Nc2cc(C)nc3c(-c4ccc(OC)cc4C)c(C)nn23)n1. The third-order valence-electron chi connectivity index (χ3n) is 5.30. The van der Waals surface area contributed by atoms with E-state index in [0.717, 1.165) is 57.5 Å². The number of fused-ring (bicyclic) bond motifs is 1. The number of rotatable bonds is 7. The molecule has 0 bridgehead atoms. The van der Waals surface area contributed by atoms with Crippen LogP contribution in [0.1, 0.15) is 42.5 Å². The van der Waals surface area contributed by atoms with Crippen LogP contribution >= 0.6 is 0 Å². The summed E-state index contributed by atoms with van der Waals surface area (Å²) in [6, 6.07) is 8.15. The number of hydrogen-bond acceptors (Lipinski definition) is 7. The van der Waals surface area contributed by atoms with E-state index in [2.05, 4.69) is 35.4 Å². The Balaban J connectivity index is 1.70. The topological polar surface area (TPSA) is 90.4 Å². The molecule has 4 rings (SSSR count). The van der Waals surface area contributed by atoms with Crippen molar-refractivity contribution in [2.24, 2.45) is 0 Å². The molecule has 0 aliphatic carbocycles. The van der Waals surface area contributed by atoms with Crippen molar-refractivity contribution in [3.63, 3.8) is 0 Å². The predicted molar refractivity (Wildman–Crippen MR) is 120 cm³/mol. The molecule has 8 heteroatoms. The van der Waals surface area contributed by atoms with Crippen LogP contribution in [0.3, 0.4) is 0 Å². The van der Waals surface area contributed by atoms with E-state index in [0.29, 0.717) is 12.3 Å². The minimum absolute atomic E-state index is 0.0748. The minimum Gasteiger partial charge on any atom is -0.497 e. The standard InChI is InChI=1S/C23H28N6O2/c1-7-19-26-21(31-28-19)12-15(4)24-20-11-14(3)25-23-22(16(5)27-29(20)23)18-9-8-17(30-6)10-13(18)2/h8-11,15,24H,7,12H2,1-6H3. The molecule has 162 valence electrons. The average molecular weight is 421 g/mol. The van der Waals surface area contributed by atoms with Gasteiger partial charge in [-0.25, -0.2) is 4.98 Å². The Morgan fingerprint density at radius 3 is 2.65 bits per heavy atom. The maximum absolute atomic E-state index is 5.36. The van der Waals surface area contributed by atoms with Crippen LogP contribution < -0.4 is 10.1 Å². The van der Waals surface area contributed by atoms with Crippen LogP contribution in [0.15, 0.2) is 28.8 Å². The molecule has 1 unspecified atom stereocenters. The van der Waals surface area contributed by atoms with Crippen molar-refractivity contribution >= 4 is 11.5 Å². The number of anilines is 1. The van der Waals surface area contributed by atoms with Gasteiger partial charge in [0.1, 0.15) is 11.6 Å². The van der Waals surface area contributed by atoms with E-state index in [4.69, 9.17) is 19.3 Å². The molecule has 0 amide bonds. The van der Waals surface area contributed by atoms with Gasteiger partial charge in [-0.2, -0.15) is 14.6 Å². The highest BCUT2D eigenvalue weighted by atomic mass is 16.5. The molecular formula is C23H28N6O2. The lowest BCUT2D eigenvalue weighted by Crippen LogP contribution is -2.20. The van der Waals surface area contributed by atoms with Gasteiger partial charge in [0.15, 0.2) is 11.5 Å². The fraction of sp³-hybridized carbons (Fsp3) is 0.391. The Morgan fingerprint density at radius 2 is 1.97 bits per heavy atom. The van der Waals surface area contributed by atoms with Gasteiger partial charge in [0.05, 0.1) is 12.8 Å². The molecule has 1 aromatic carbocycles. The summed E-state index contributed by atoms with van der Waals surface area (Å²) in [6.07, 6.45) is 1.39. The summed E-state index contributed by atoms with van der Waals surface area (Å²) in [5, 5.41) is 12.3. The van der Waals surface area contributed by atoms with E-state index in [1.165, 1.54) is 0 Å². The van der Waals surface area contributed by atoms with Crippen LogP contribution in [0.25, 0.3) is 16.8 Å². The highest BCUT2D eigenvalue weighted by molar-refractivity contribution is 5.83. The first-order valence-corrected chi connectivity index (χ1v) is 10.5. The largest absolute Gasteiger partial charge is 0.497 e. The number of aryl methyl sites for hydroxylation is 4. The number of ether oxygens (including phenoxy) is 1. The average Bonchev–Trinajstić information content (AvgIpc) is 3.31. The summed E-state index contributed by atoms with van der Waals surface area (Å²) >= 11 is 0. The lowest BCUT2D eigenvalue weighted by Gasteiger charge is -2.15. The van der Waals surface area contributed by atoms with E-state index in [1.54, 1.807) is 7.11 Å². The first-order valence-electron chi connectivity index (χ1n) is 10.5. The number of aromatic nitrogens is 5. The van der Waals surface area contributed by atoms with Crippen molar-refractivity contribution in [3.8, 4) is 16.9 Å². The molecular weight excluding hydrogens is 392 g/mol. The van der Waals surface area contributed by atoms with Gasteiger partial charge in [0, 0.05) is 36.2 Å². The highest BCUT2D eigenvalue weighted by Gasteiger charge is 2.19. The second kappa shape index (κ2) is 8.37. The smallest absolute Gasteiger partial charge is 0.228 e. The molecule has 0 saturated carbocycles. The summed E-state index contributed by atoms with van der Waals surface area (Å²) in [7, 11) is 1.68. The summed E-state index contributed by atoms with van der Waals surface area (Å²) in [5.41, 5.74) is 5.91. The molecule has 31 heavy (non-hydrogen) atoms. The Morgan fingerprint density at radius 1 is 1.16 bits per heavy atom. The van der Waals surface area contributed by atoms with Crippen molar-refractivity contribution in [1.82, 2.24) is 24.7 Å². The quantitative estimate of drug-likeness (QED) is 0.476. The zero-order chi connectivity index (χ0) is 22.1. The van der Waals surface area contributed by atoms with Crippen LogP contribution in [-0.4, -0.2) is 37.9 Å². The maximum atomic E-state index is 5.36. The zero-order valence-electron chi connectivity index (χ0n) is 18.9. The molecule has 1 atom stereocenters. The molecule has 8 nitrogen and oxygen atoms in total. The number of nitrogens with one attached hydrogen (secondary N) is 1. The molecule has 4 aromatic rings. The Labute approximate surface area is 181 Å². The van der Waals surface area contributed by atoms with Gasteiger partial charge in [-0.05, 0) is 51.0 Å².